The largest absolute Gasteiger partial charge is 0.466 e. The maximum absolute atomic E-state index is 11.3. The Morgan fingerprint density at radius 3 is 2.11 bits per heavy atom. The molecule has 0 saturated heterocycles. The zero-order chi connectivity index (χ0) is 14.6. The fourth-order valence-corrected chi connectivity index (χ4v) is 2.32. The smallest absolute Gasteiger partial charge is 0.305 e. The maximum Gasteiger partial charge on any atom is 0.305 e. The van der Waals surface area contributed by atoms with Crippen LogP contribution in [0.1, 0.15) is 65.2 Å². The normalized spacial score (nSPS) is 11.6. The lowest BCUT2D eigenvalue weighted by atomic mass is 10.1. The molecule has 3 nitrogen and oxygen atoms in total. The molecule has 0 amide bonds. The van der Waals surface area contributed by atoms with E-state index in [1.54, 1.807) is 0 Å². The minimum Gasteiger partial charge on any atom is -0.466 e. The third kappa shape index (κ3) is 12.2. The summed E-state index contributed by atoms with van der Waals surface area (Å²) < 4.78 is 5.97. The molecule has 0 rings (SSSR count). The molecule has 0 unspecified atom stereocenters. The van der Waals surface area contributed by atoms with Crippen LogP contribution in [0.4, 0.5) is 0 Å². The number of quaternary nitrogens is 1. The van der Waals surface area contributed by atoms with E-state index in [1.165, 1.54) is 45.1 Å². The average Bonchev–Trinajstić information content (AvgIpc) is 2.33. The van der Waals surface area contributed by atoms with Gasteiger partial charge in [-0.3, -0.25) is 4.79 Å². The van der Waals surface area contributed by atoms with Crippen molar-refractivity contribution in [3.05, 3.63) is 0 Å². The Bertz CT molecular complexity index is 227. The number of ether oxygens (including phenoxy) is 1. The average molecular weight is 272 g/mol. The number of unbranched alkanes of at least 4 members (excludes halogenated alkanes) is 5. The predicted molar refractivity (Wildman–Crippen MR) is 81.1 cm³/mol. The molecule has 0 aliphatic carbocycles. The Morgan fingerprint density at radius 2 is 1.47 bits per heavy atom. The van der Waals surface area contributed by atoms with Gasteiger partial charge in [0.25, 0.3) is 0 Å². The van der Waals surface area contributed by atoms with Crippen molar-refractivity contribution in [3.8, 4) is 0 Å². The Balaban J connectivity index is 3.54. The zero-order valence-corrected chi connectivity index (χ0v) is 13.5. The molecule has 0 aromatic heterocycles. The topological polar surface area (TPSA) is 26.3 Å². The Labute approximate surface area is 119 Å². The van der Waals surface area contributed by atoms with Crippen molar-refractivity contribution in [2.24, 2.45) is 0 Å². The van der Waals surface area contributed by atoms with Crippen molar-refractivity contribution in [1.29, 1.82) is 0 Å². The highest BCUT2D eigenvalue weighted by Gasteiger charge is 2.15. The summed E-state index contributed by atoms with van der Waals surface area (Å²) in [6.07, 6.45) is 9.58. The van der Waals surface area contributed by atoms with Crippen LogP contribution in [0.25, 0.3) is 0 Å². The number of hydrogen-bond acceptors (Lipinski definition) is 2. The second kappa shape index (κ2) is 11.3. The fraction of sp³-hybridized carbons (Fsp3) is 0.938. The molecule has 3 heteroatoms. The highest BCUT2D eigenvalue weighted by Crippen LogP contribution is 2.09. The van der Waals surface area contributed by atoms with Crippen LogP contribution >= 0.6 is 0 Å². The lowest BCUT2D eigenvalue weighted by Gasteiger charge is -2.29. The lowest BCUT2D eigenvalue weighted by Crippen LogP contribution is -2.41. The van der Waals surface area contributed by atoms with Gasteiger partial charge in [0.2, 0.25) is 0 Å². The molecule has 0 radical (unpaired) electrons. The molecule has 19 heavy (non-hydrogen) atoms. The molecule has 114 valence electrons. The standard InChI is InChI=1S/C16H34NO2/c1-5-7-8-9-10-11-14-17(3,4)15-12-13-16(18)19-6-2/h5-15H2,1-4H3/q+1. The van der Waals surface area contributed by atoms with E-state index in [-0.39, 0.29) is 5.97 Å². The quantitative estimate of drug-likeness (QED) is 0.307. The summed E-state index contributed by atoms with van der Waals surface area (Å²) in [4.78, 5) is 11.3. The summed E-state index contributed by atoms with van der Waals surface area (Å²) in [5.41, 5.74) is 0. The van der Waals surface area contributed by atoms with Crippen LogP contribution in [-0.2, 0) is 9.53 Å². The molecule has 0 aromatic rings. The summed E-state index contributed by atoms with van der Waals surface area (Å²) in [6.45, 7) is 6.89. The van der Waals surface area contributed by atoms with Crippen molar-refractivity contribution in [3.63, 3.8) is 0 Å². The number of esters is 1. The van der Waals surface area contributed by atoms with Crippen molar-refractivity contribution in [2.75, 3.05) is 33.8 Å². The van der Waals surface area contributed by atoms with Crippen LogP contribution in [0, 0.1) is 0 Å². The second-order valence-corrected chi connectivity index (χ2v) is 6.06. The minimum atomic E-state index is -0.0536. The van der Waals surface area contributed by atoms with Gasteiger partial charge in [0.1, 0.15) is 0 Å². The SMILES string of the molecule is CCCCCCCC[N+](C)(C)CCCC(=O)OCC. The first-order valence-electron chi connectivity index (χ1n) is 7.99. The number of carbonyl (C=O) groups is 1. The van der Waals surface area contributed by atoms with E-state index in [1.807, 2.05) is 6.92 Å². The van der Waals surface area contributed by atoms with E-state index >= 15 is 0 Å². The summed E-state index contributed by atoms with van der Waals surface area (Å²) in [5.74, 6) is -0.0536. The number of hydrogen-bond donors (Lipinski definition) is 0. The van der Waals surface area contributed by atoms with Gasteiger partial charge in [-0.15, -0.1) is 0 Å². The van der Waals surface area contributed by atoms with Gasteiger partial charge >= 0.3 is 5.97 Å². The van der Waals surface area contributed by atoms with Gasteiger partial charge in [0.15, 0.2) is 0 Å². The maximum atomic E-state index is 11.3. The first-order chi connectivity index (χ1) is 9.02. The van der Waals surface area contributed by atoms with Crippen molar-refractivity contribution in [2.45, 2.75) is 65.2 Å². The van der Waals surface area contributed by atoms with Crippen molar-refractivity contribution < 1.29 is 14.0 Å². The van der Waals surface area contributed by atoms with Crippen LogP contribution in [-0.4, -0.2) is 44.2 Å². The highest BCUT2D eigenvalue weighted by molar-refractivity contribution is 5.69. The van der Waals surface area contributed by atoms with Crippen molar-refractivity contribution in [1.82, 2.24) is 0 Å². The summed E-state index contributed by atoms with van der Waals surface area (Å²) in [6, 6.07) is 0. The molecule has 0 aliphatic heterocycles. The van der Waals surface area contributed by atoms with Gasteiger partial charge in [-0.05, 0) is 19.8 Å². The van der Waals surface area contributed by atoms with Gasteiger partial charge in [0, 0.05) is 6.42 Å². The lowest BCUT2D eigenvalue weighted by molar-refractivity contribution is -0.890. The fourth-order valence-electron chi connectivity index (χ4n) is 2.32. The molecule has 0 N–H and O–H groups in total. The summed E-state index contributed by atoms with van der Waals surface area (Å²) in [5, 5.41) is 0. The molecule has 0 aromatic carbocycles. The molecule has 0 saturated carbocycles. The third-order valence-electron chi connectivity index (χ3n) is 3.57. The number of nitrogens with zero attached hydrogens (tertiary/aromatic N) is 1. The second-order valence-electron chi connectivity index (χ2n) is 6.06. The Hall–Kier alpha value is -0.570. The van der Waals surface area contributed by atoms with E-state index in [9.17, 15) is 4.79 Å². The Kier molecular flexibility index (Phi) is 10.9. The molecule has 0 bridgehead atoms. The van der Waals surface area contributed by atoms with Crippen LogP contribution in [0.2, 0.25) is 0 Å². The van der Waals surface area contributed by atoms with Gasteiger partial charge in [-0.25, -0.2) is 0 Å². The van der Waals surface area contributed by atoms with Crippen LogP contribution in [0.3, 0.4) is 0 Å². The van der Waals surface area contributed by atoms with E-state index in [0.29, 0.717) is 13.0 Å². The van der Waals surface area contributed by atoms with Crippen LogP contribution < -0.4 is 0 Å². The highest BCUT2D eigenvalue weighted by atomic mass is 16.5. The molecule has 0 spiro atoms. The van der Waals surface area contributed by atoms with Gasteiger partial charge in [-0.1, -0.05) is 32.6 Å². The summed E-state index contributed by atoms with van der Waals surface area (Å²) >= 11 is 0. The molecule has 0 heterocycles. The van der Waals surface area contributed by atoms with E-state index in [4.69, 9.17) is 4.74 Å². The van der Waals surface area contributed by atoms with Crippen molar-refractivity contribution >= 4 is 5.97 Å². The minimum absolute atomic E-state index is 0.0536. The molecule has 0 aliphatic rings. The monoisotopic (exact) mass is 272 g/mol. The first-order valence-corrected chi connectivity index (χ1v) is 7.99. The number of carbonyl (C=O) groups excluding carboxylic acids is 1. The van der Waals surface area contributed by atoms with Crippen LogP contribution in [0.15, 0.2) is 0 Å². The molecular formula is C16H34NO2+. The van der Waals surface area contributed by atoms with E-state index in [0.717, 1.165) is 17.4 Å². The van der Waals surface area contributed by atoms with Crippen LogP contribution in [0.5, 0.6) is 0 Å². The molecular weight excluding hydrogens is 238 g/mol. The third-order valence-corrected chi connectivity index (χ3v) is 3.57. The zero-order valence-electron chi connectivity index (χ0n) is 13.5. The molecule has 0 atom stereocenters. The van der Waals surface area contributed by atoms with Gasteiger partial charge in [0.05, 0.1) is 40.2 Å². The van der Waals surface area contributed by atoms with Gasteiger partial charge < -0.3 is 9.22 Å². The summed E-state index contributed by atoms with van der Waals surface area (Å²) in [7, 11) is 4.52. The number of rotatable bonds is 12. The van der Waals surface area contributed by atoms with E-state index in [2.05, 4.69) is 21.0 Å². The van der Waals surface area contributed by atoms with Gasteiger partial charge in [-0.2, -0.15) is 0 Å². The predicted octanol–water partition coefficient (Wildman–Crippen LogP) is 3.77. The Morgan fingerprint density at radius 1 is 0.895 bits per heavy atom. The first kappa shape index (κ1) is 18.4. The van der Waals surface area contributed by atoms with E-state index < -0.39 is 0 Å². The molecule has 0 fully saturated rings.